The fraction of sp³-hybridized carbons (Fsp3) is 0.429. The van der Waals surface area contributed by atoms with E-state index >= 15 is 0 Å². The molecule has 0 aromatic carbocycles. The van der Waals surface area contributed by atoms with E-state index in [1.165, 1.54) is 6.20 Å². The fourth-order valence-electron chi connectivity index (χ4n) is 0.655. The van der Waals surface area contributed by atoms with E-state index in [-0.39, 0.29) is 11.2 Å². The van der Waals surface area contributed by atoms with Crippen LogP contribution in [0.15, 0.2) is 16.8 Å². The van der Waals surface area contributed by atoms with Crippen LogP contribution in [0, 0.1) is 0 Å². The summed E-state index contributed by atoms with van der Waals surface area (Å²) in [5.74, 6) is 0.520. The van der Waals surface area contributed by atoms with E-state index in [1.54, 1.807) is 13.0 Å². The molecule has 0 spiro atoms. The minimum Gasteiger partial charge on any atom is -0.360 e. The molecule has 0 saturated heterocycles. The lowest BCUT2D eigenvalue weighted by molar-refractivity contribution is -0.120. The number of nitrogens with zero attached hydrogens (tertiary/aromatic N) is 1. The Morgan fingerprint density at radius 3 is 3.17 bits per heavy atom. The van der Waals surface area contributed by atoms with Gasteiger partial charge in [0.25, 0.3) is 0 Å². The summed E-state index contributed by atoms with van der Waals surface area (Å²) in [6.45, 7) is 2.07. The second-order valence-corrected chi connectivity index (χ2v) is 3.15. The van der Waals surface area contributed by atoms with Crippen LogP contribution in [0.4, 0.5) is 0 Å². The molecule has 0 saturated carbocycles. The van der Waals surface area contributed by atoms with E-state index in [1.807, 2.05) is 0 Å². The SMILES string of the molecule is CC(S)C(=O)NCc1ccno1. The van der Waals surface area contributed by atoms with E-state index in [2.05, 4.69) is 23.1 Å². The monoisotopic (exact) mass is 186 g/mol. The van der Waals surface area contributed by atoms with Gasteiger partial charge in [-0.1, -0.05) is 5.16 Å². The van der Waals surface area contributed by atoms with E-state index < -0.39 is 0 Å². The molecule has 1 heterocycles. The van der Waals surface area contributed by atoms with Crippen LogP contribution in [0.25, 0.3) is 0 Å². The minimum atomic E-state index is -0.298. The first-order valence-electron chi connectivity index (χ1n) is 3.55. The zero-order chi connectivity index (χ0) is 8.97. The van der Waals surface area contributed by atoms with Crippen molar-refractivity contribution in [2.75, 3.05) is 0 Å². The molecule has 1 atom stereocenters. The molecule has 0 aliphatic heterocycles. The molecule has 1 N–H and O–H groups in total. The largest absolute Gasteiger partial charge is 0.360 e. The first-order valence-corrected chi connectivity index (χ1v) is 4.07. The van der Waals surface area contributed by atoms with Gasteiger partial charge in [-0.2, -0.15) is 12.6 Å². The average Bonchev–Trinajstić information content (AvgIpc) is 2.51. The van der Waals surface area contributed by atoms with Gasteiger partial charge in [-0.05, 0) is 6.92 Å². The summed E-state index contributed by atoms with van der Waals surface area (Å²) < 4.78 is 4.77. The highest BCUT2D eigenvalue weighted by Crippen LogP contribution is 1.97. The van der Waals surface area contributed by atoms with E-state index in [0.29, 0.717) is 12.3 Å². The average molecular weight is 186 g/mol. The highest BCUT2D eigenvalue weighted by atomic mass is 32.1. The Morgan fingerprint density at radius 2 is 2.67 bits per heavy atom. The number of hydrogen-bond acceptors (Lipinski definition) is 4. The van der Waals surface area contributed by atoms with Gasteiger partial charge < -0.3 is 9.84 Å². The maximum atomic E-state index is 11.0. The highest BCUT2D eigenvalue weighted by Gasteiger charge is 2.07. The van der Waals surface area contributed by atoms with Crippen LogP contribution in [0.2, 0.25) is 0 Å². The van der Waals surface area contributed by atoms with Gasteiger partial charge in [0.15, 0.2) is 5.76 Å². The van der Waals surface area contributed by atoms with Gasteiger partial charge >= 0.3 is 0 Å². The van der Waals surface area contributed by atoms with Crippen molar-refractivity contribution < 1.29 is 9.32 Å². The summed E-state index contributed by atoms with van der Waals surface area (Å²) >= 11 is 3.97. The van der Waals surface area contributed by atoms with Crippen LogP contribution in [0.3, 0.4) is 0 Å². The summed E-state index contributed by atoms with van der Waals surface area (Å²) in [4.78, 5) is 11.0. The van der Waals surface area contributed by atoms with Crippen molar-refractivity contribution in [1.82, 2.24) is 10.5 Å². The minimum absolute atomic E-state index is 0.116. The molecule has 0 radical (unpaired) electrons. The molecule has 0 fully saturated rings. The summed E-state index contributed by atoms with van der Waals surface area (Å²) in [5, 5.41) is 5.84. The summed E-state index contributed by atoms with van der Waals surface area (Å²) in [7, 11) is 0. The molecule has 66 valence electrons. The Bertz CT molecular complexity index is 246. The van der Waals surface area contributed by atoms with Crippen LogP contribution < -0.4 is 5.32 Å². The Labute approximate surface area is 75.7 Å². The maximum Gasteiger partial charge on any atom is 0.232 e. The first kappa shape index (κ1) is 9.12. The molecule has 1 aromatic heterocycles. The third-order valence-corrected chi connectivity index (χ3v) is 1.54. The molecule has 1 aromatic rings. The molecule has 1 unspecified atom stereocenters. The lowest BCUT2D eigenvalue weighted by atomic mass is 10.4. The van der Waals surface area contributed by atoms with E-state index in [9.17, 15) is 4.79 Å². The van der Waals surface area contributed by atoms with Gasteiger partial charge in [0.1, 0.15) is 0 Å². The van der Waals surface area contributed by atoms with Crippen molar-refractivity contribution in [2.45, 2.75) is 18.7 Å². The number of carbonyl (C=O) groups excluding carboxylic acids is 1. The van der Waals surface area contributed by atoms with Crippen molar-refractivity contribution in [3.8, 4) is 0 Å². The zero-order valence-electron chi connectivity index (χ0n) is 6.65. The molecule has 0 bridgehead atoms. The Hall–Kier alpha value is -0.970. The predicted octanol–water partition coefficient (Wildman–Crippen LogP) is 0.609. The van der Waals surface area contributed by atoms with Crippen molar-refractivity contribution in [3.05, 3.63) is 18.0 Å². The van der Waals surface area contributed by atoms with Crippen LogP contribution in [0.1, 0.15) is 12.7 Å². The molecule has 5 heteroatoms. The van der Waals surface area contributed by atoms with Gasteiger partial charge in [-0.25, -0.2) is 0 Å². The standard InChI is InChI=1S/C7H10N2O2S/c1-5(12)7(10)8-4-6-2-3-9-11-6/h2-3,5,12H,4H2,1H3,(H,8,10). The highest BCUT2D eigenvalue weighted by molar-refractivity contribution is 7.81. The smallest absolute Gasteiger partial charge is 0.232 e. The Balaban J connectivity index is 2.32. The van der Waals surface area contributed by atoms with Crippen LogP contribution in [-0.4, -0.2) is 16.3 Å². The van der Waals surface area contributed by atoms with Crippen molar-refractivity contribution in [1.29, 1.82) is 0 Å². The third kappa shape index (κ3) is 2.58. The van der Waals surface area contributed by atoms with E-state index in [4.69, 9.17) is 4.52 Å². The van der Waals surface area contributed by atoms with Gasteiger partial charge in [-0.3, -0.25) is 4.79 Å². The summed E-state index contributed by atoms with van der Waals surface area (Å²) in [5.41, 5.74) is 0. The normalized spacial score (nSPS) is 12.5. The Morgan fingerprint density at radius 1 is 1.92 bits per heavy atom. The van der Waals surface area contributed by atoms with Gasteiger partial charge in [0.05, 0.1) is 18.0 Å². The number of thiol groups is 1. The molecule has 1 rings (SSSR count). The van der Waals surface area contributed by atoms with Crippen LogP contribution in [0.5, 0.6) is 0 Å². The first-order chi connectivity index (χ1) is 5.70. The number of rotatable bonds is 3. The second-order valence-electron chi connectivity index (χ2n) is 2.37. The second kappa shape index (κ2) is 4.15. The topological polar surface area (TPSA) is 55.1 Å². The van der Waals surface area contributed by atoms with Crippen LogP contribution >= 0.6 is 12.6 Å². The predicted molar refractivity (Wildman–Crippen MR) is 46.8 cm³/mol. The van der Waals surface area contributed by atoms with Crippen LogP contribution in [-0.2, 0) is 11.3 Å². The zero-order valence-corrected chi connectivity index (χ0v) is 7.54. The van der Waals surface area contributed by atoms with Crippen molar-refractivity contribution in [2.24, 2.45) is 0 Å². The van der Waals surface area contributed by atoms with E-state index in [0.717, 1.165) is 0 Å². The van der Waals surface area contributed by atoms with Gasteiger partial charge in [0.2, 0.25) is 5.91 Å². The van der Waals surface area contributed by atoms with Gasteiger partial charge in [-0.15, -0.1) is 0 Å². The third-order valence-electron chi connectivity index (χ3n) is 1.31. The van der Waals surface area contributed by atoms with Crippen molar-refractivity contribution in [3.63, 3.8) is 0 Å². The Kier molecular flexibility index (Phi) is 3.16. The maximum absolute atomic E-state index is 11.0. The molecular formula is C7H10N2O2S. The molecule has 0 aliphatic carbocycles. The molecular weight excluding hydrogens is 176 g/mol. The molecule has 12 heavy (non-hydrogen) atoms. The van der Waals surface area contributed by atoms with Crippen molar-refractivity contribution >= 4 is 18.5 Å². The number of aromatic nitrogens is 1. The van der Waals surface area contributed by atoms with Gasteiger partial charge in [0, 0.05) is 6.07 Å². The molecule has 1 amide bonds. The molecule has 4 nitrogen and oxygen atoms in total. The quantitative estimate of drug-likeness (QED) is 0.680. The lowest BCUT2D eigenvalue weighted by Crippen LogP contribution is -2.28. The summed E-state index contributed by atoms with van der Waals surface area (Å²) in [6.07, 6.45) is 1.53. The number of nitrogens with one attached hydrogen (secondary N) is 1. The number of amides is 1. The lowest BCUT2D eigenvalue weighted by Gasteiger charge is -2.03. The number of hydrogen-bond donors (Lipinski definition) is 2. The fourth-order valence-corrected chi connectivity index (χ4v) is 0.747. The summed E-state index contributed by atoms with van der Waals surface area (Å²) in [6, 6.07) is 1.70. The number of carbonyl (C=O) groups is 1. The molecule has 0 aliphatic rings.